The van der Waals surface area contributed by atoms with E-state index in [4.69, 9.17) is 11.6 Å². The van der Waals surface area contributed by atoms with Gasteiger partial charge in [0.15, 0.2) is 5.15 Å². The average Bonchev–Trinajstić information content (AvgIpc) is 2.41. The maximum Gasteiger partial charge on any atom is 0.155 e. The molecule has 1 N–H and O–H groups in total. The van der Waals surface area contributed by atoms with Crippen molar-refractivity contribution >= 4 is 17.1 Å². The third-order valence-corrected chi connectivity index (χ3v) is 3.35. The molecule has 0 amide bonds. The molecule has 0 aromatic carbocycles. The number of halogens is 1. The molecule has 2 aromatic rings. The number of hydrogen-bond acceptors (Lipinski definition) is 2. The van der Waals surface area contributed by atoms with Crippen molar-refractivity contribution in [1.82, 2.24) is 9.38 Å². The Hall–Kier alpha value is -1.22. The number of pyridine rings is 1. The number of hydrogen-bond donors (Lipinski definition) is 1. The first kappa shape index (κ1) is 9.04. The van der Waals surface area contributed by atoms with Crippen LogP contribution < -0.4 is 0 Å². The number of aromatic hydroxyl groups is 1. The van der Waals surface area contributed by atoms with Crippen LogP contribution in [0.15, 0.2) is 18.3 Å². The van der Waals surface area contributed by atoms with Crippen molar-refractivity contribution in [2.75, 3.05) is 0 Å². The van der Waals surface area contributed by atoms with E-state index in [0.29, 0.717) is 11.1 Å². The third kappa shape index (κ3) is 1.30. The Bertz CT molecular complexity index is 517. The largest absolute Gasteiger partial charge is 0.506 e. The van der Waals surface area contributed by atoms with Gasteiger partial charge in [0.1, 0.15) is 11.6 Å². The molecule has 0 aliphatic heterocycles. The smallest absolute Gasteiger partial charge is 0.155 e. The number of nitrogens with zero attached hydrogens (tertiary/aromatic N) is 2. The summed E-state index contributed by atoms with van der Waals surface area (Å²) < 4.78 is 1.90. The second kappa shape index (κ2) is 3.14. The molecule has 1 saturated carbocycles. The molecule has 0 saturated heterocycles. The van der Waals surface area contributed by atoms with Crippen LogP contribution in [0.2, 0.25) is 5.15 Å². The fourth-order valence-corrected chi connectivity index (χ4v) is 2.25. The third-order valence-electron chi connectivity index (χ3n) is 3.07. The summed E-state index contributed by atoms with van der Waals surface area (Å²) in [6.07, 6.45) is 5.29. The van der Waals surface area contributed by atoms with E-state index < -0.39 is 0 Å². The van der Waals surface area contributed by atoms with Gasteiger partial charge >= 0.3 is 0 Å². The fraction of sp³-hybridized carbons (Fsp3) is 0.364. The molecule has 1 fully saturated rings. The zero-order chi connectivity index (χ0) is 10.4. The summed E-state index contributed by atoms with van der Waals surface area (Å²) in [5, 5.41) is 9.97. The van der Waals surface area contributed by atoms with Gasteiger partial charge in [-0.15, -0.1) is 0 Å². The van der Waals surface area contributed by atoms with Crippen LogP contribution in [0, 0.1) is 0 Å². The lowest BCUT2D eigenvalue weighted by molar-refractivity contribution is 0.399. The van der Waals surface area contributed by atoms with Crippen LogP contribution in [0.3, 0.4) is 0 Å². The van der Waals surface area contributed by atoms with Gasteiger partial charge in [0.2, 0.25) is 0 Å². The summed E-state index contributed by atoms with van der Waals surface area (Å²) in [4.78, 5) is 4.37. The van der Waals surface area contributed by atoms with Crippen molar-refractivity contribution in [1.29, 1.82) is 0 Å². The van der Waals surface area contributed by atoms with Crippen molar-refractivity contribution < 1.29 is 5.11 Å². The minimum atomic E-state index is 0.247. The van der Waals surface area contributed by atoms with Crippen LogP contribution in [0.25, 0.3) is 5.52 Å². The molecule has 0 radical (unpaired) electrons. The standard InChI is InChI=1S/C11H11ClN2O/c12-10-9-5-4-8(15)6-14(9)11(13-10)7-2-1-3-7/h4-7,15H,1-3H2. The van der Waals surface area contributed by atoms with Crippen molar-refractivity contribution in [2.24, 2.45) is 0 Å². The highest BCUT2D eigenvalue weighted by Crippen LogP contribution is 2.37. The van der Waals surface area contributed by atoms with Crippen molar-refractivity contribution in [3.8, 4) is 5.75 Å². The lowest BCUT2D eigenvalue weighted by Gasteiger charge is -2.23. The lowest BCUT2D eigenvalue weighted by Crippen LogP contribution is -2.12. The van der Waals surface area contributed by atoms with E-state index in [9.17, 15) is 5.11 Å². The summed E-state index contributed by atoms with van der Waals surface area (Å²) in [6, 6.07) is 3.43. The van der Waals surface area contributed by atoms with Crippen LogP contribution in [0.1, 0.15) is 31.0 Å². The molecule has 1 aliphatic carbocycles. The molecular weight excluding hydrogens is 212 g/mol. The Morgan fingerprint density at radius 2 is 2.20 bits per heavy atom. The van der Waals surface area contributed by atoms with Gasteiger partial charge in [-0.2, -0.15) is 0 Å². The van der Waals surface area contributed by atoms with Gasteiger partial charge in [0.25, 0.3) is 0 Å². The molecular formula is C11H11ClN2O. The second-order valence-electron chi connectivity index (χ2n) is 4.03. The van der Waals surface area contributed by atoms with Gasteiger partial charge in [-0.05, 0) is 25.0 Å². The molecule has 3 rings (SSSR count). The summed E-state index contributed by atoms with van der Waals surface area (Å²) in [7, 11) is 0. The molecule has 0 bridgehead atoms. The molecule has 2 heterocycles. The molecule has 2 aromatic heterocycles. The zero-order valence-corrected chi connectivity index (χ0v) is 8.91. The van der Waals surface area contributed by atoms with Gasteiger partial charge < -0.3 is 5.11 Å². The predicted molar refractivity (Wildman–Crippen MR) is 58.5 cm³/mol. The minimum Gasteiger partial charge on any atom is -0.506 e. The van der Waals surface area contributed by atoms with E-state index in [0.717, 1.165) is 11.3 Å². The van der Waals surface area contributed by atoms with Crippen LogP contribution in [0.5, 0.6) is 5.75 Å². The normalized spacial score (nSPS) is 16.9. The van der Waals surface area contributed by atoms with Crippen molar-refractivity contribution in [2.45, 2.75) is 25.2 Å². The summed E-state index contributed by atoms with van der Waals surface area (Å²) in [6.45, 7) is 0. The summed E-state index contributed by atoms with van der Waals surface area (Å²) in [5.41, 5.74) is 0.872. The Labute approximate surface area is 92.3 Å². The van der Waals surface area contributed by atoms with Crippen LogP contribution >= 0.6 is 11.6 Å². The molecule has 4 heteroatoms. The quantitative estimate of drug-likeness (QED) is 0.806. The number of imidazole rings is 1. The SMILES string of the molecule is Oc1ccc2c(Cl)nc(C3CCC3)n2c1. The number of rotatable bonds is 1. The monoisotopic (exact) mass is 222 g/mol. The van der Waals surface area contributed by atoms with E-state index >= 15 is 0 Å². The Morgan fingerprint density at radius 3 is 2.87 bits per heavy atom. The van der Waals surface area contributed by atoms with Crippen molar-refractivity contribution in [3.05, 3.63) is 29.3 Å². The Kier molecular flexibility index (Phi) is 1.89. The summed E-state index contributed by atoms with van der Waals surface area (Å²) in [5.74, 6) is 1.74. The van der Waals surface area contributed by atoms with E-state index in [1.165, 1.54) is 19.3 Å². The van der Waals surface area contributed by atoms with E-state index in [2.05, 4.69) is 4.98 Å². The first-order valence-corrected chi connectivity index (χ1v) is 5.50. The van der Waals surface area contributed by atoms with Crippen LogP contribution in [-0.2, 0) is 0 Å². The average molecular weight is 223 g/mol. The molecule has 78 valence electrons. The topological polar surface area (TPSA) is 37.5 Å². The highest BCUT2D eigenvalue weighted by Gasteiger charge is 2.25. The minimum absolute atomic E-state index is 0.247. The van der Waals surface area contributed by atoms with Gasteiger partial charge in [-0.3, -0.25) is 4.40 Å². The number of fused-ring (bicyclic) bond motifs is 1. The molecule has 1 aliphatic rings. The van der Waals surface area contributed by atoms with E-state index in [1.54, 1.807) is 18.3 Å². The predicted octanol–water partition coefficient (Wildman–Crippen LogP) is 2.96. The van der Waals surface area contributed by atoms with Crippen LogP contribution in [-0.4, -0.2) is 14.5 Å². The van der Waals surface area contributed by atoms with E-state index in [1.807, 2.05) is 4.40 Å². The van der Waals surface area contributed by atoms with E-state index in [-0.39, 0.29) is 5.75 Å². The first-order chi connectivity index (χ1) is 7.25. The molecule has 0 spiro atoms. The first-order valence-electron chi connectivity index (χ1n) is 5.12. The van der Waals surface area contributed by atoms with Gasteiger partial charge in [0, 0.05) is 5.92 Å². The Morgan fingerprint density at radius 1 is 1.40 bits per heavy atom. The lowest BCUT2D eigenvalue weighted by atomic mass is 9.85. The highest BCUT2D eigenvalue weighted by atomic mass is 35.5. The highest BCUT2D eigenvalue weighted by molar-refractivity contribution is 6.32. The van der Waals surface area contributed by atoms with Crippen molar-refractivity contribution in [3.63, 3.8) is 0 Å². The molecule has 0 unspecified atom stereocenters. The maximum absolute atomic E-state index is 9.44. The maximum atomic E-state index is 9.44. The number of aromatic nitrogens is 2. The van der Waals surface area contributed by atoms with Gasteiger partial charge in [-0.1, -0.05) is 18.0 Å². The van der Waals surface area contributed by atoms with Gasteiger partial charge in [0.05, 0.1) is 11.7 Å². The fourth-order valence-electron chi connectivity index (χ4n) is 2.01. The Balaban J connectivity index is 2.24. The molecule has 3 nitrogen and oxygen atoms in total. The van der Waals surface area contributed by atoms with Gasteiger partial charge in [-0.25, -0.2) is 4.98 Å². The molecule has 15 heavy (non-hydrogen) atoms. The zero-order valence-electron chi connectivity index (χ0n) is 8.15. The second-order valence-corrected chi connectivity index (χ2v) is 4.39. The molecule has 0 atom stereocenters. The summed E-state index contributed by atoms with van der Waals surface area (Å²) >= 11 is 6.04. The van der Waals surface area contributed by atoms with Crippen LogP contribution in [0.4, 0.5) is 0 Å².